The number of rotatable bonds is 7. The molecular formula is C29H29BrN2O. The van der Waals surface area contributed by atoms with E-state index < -0.39 is 0 Å². The summed E-state index contributed by atoms with van der Waals surface area (Å²) in [5, 5.41) is 1.16. The van der Waals surface area contributed by atoms with E-state index in [-0.39, 0.29) is 5.91 Å². The number of aromatic nitrogens is 1. The SMILES string of the molecule is O=C(Cc1cn(Cc2cccc(CCc3ccccc3)c2)c2ccc(Br)cc12)N1CCCC1. The van der Waals surface area contributed by atoms with Gasteiger partial charge < -0.3 is 9.47 Å². The molecule has 2 heterocycles. The number of amides is 1. The fourth-order valence-corrected chi connectivity index (χ4v) is 5.23. The number of carbonyl (C=O) groups is 1. The van der Waals surface area contributed by atoms with Crippen LogP contribution in [0.15, 0.2) is 83.5 Å². The highest BCUT2D eigenvalue weighted by Gasteiger charge is 2.20. The Kier molecular flexibility index (Phi) is 6.63. The molecule has 3 aromatic carbocycles. The van der Waals surface area contributed by atoms with E-state index in [1.54, 1.807) is 0 Å². The van der Waals surface area contributed by atoms with E-state index in [9.17, 15) is 4.79 Å². The van der Waals surface area contributed by atoms with Gasteiger partial charge in [-0.3, -0.25) is 4.79 Å². The lowest BCUT2D eigenvalue weighted by molar-refractivity contribution is -0.129. The van der Waals surface area contributed by atoms with Crippen LogP contribution in [-0.4, -0.2) is 28.5 Å². The molecule has 0 aliphatic carbocycles. The Hall–Kier alpha value is -2.85. The monoisotopic (exact) mass is 500 g/mol. The molecule has 3 nitrogen and oxygen atoms in total. The van der Waals surface area contributed by atoms with E-state index in [1.165, 1.54) is 22.2 Å². The fourth-order valence-electron chi connectivity index (χ4n) is 4.87. The van der Waals surface area contributed by atoms with Crippen molar-refractivity contribution in [2.45, 2.75) is 38.6 Å². The van der Waals surface area contributed by atoms with E-state index in [0.29, 0.717) is 6.42 Å². The van der Waals surface area contributed by atoms with E-state index in [4.69, 9.17) is 0 Å². The molecule has 1 aliphatic heterocycles. The van der Waals surface area contributed by atoms with Crippen LogP contribution >= 0.6 is 15.9 Å². The van der Waals surface area contributed by atoms with Crippen molar-refractivity contribution in [3.63, 3.8) is 0 Å². The van der Waals surface area contributed by atoms with Crippen LogP contribution in [0.1, 0.15) is 35.1 Å². The second kappa shape index (κ2) is 9.96. The summed E-state index contributed by atoms with van der Waals surface area (Å²) in [6.07, 6.45) is 6.98. The molecule has 0 spiro atoms. The predicted molar refractivity (Wildman–Crippen MR) is 139 cm³/mol. The minimum Gasteiger partial charge on any atom is -0.343 e. The van der Waals surface area contributed by atoms with Gasteiger partial charge in [0, 0.05) is 41.2 Å². The quantitative estimate of drug-likeness (QED) is 0.288. The first-order valence-electron chi connectivity index (χ1n) is 11.8. The standard InChI is InChI=1S/C29H29BrN2O/c30-26-13-14-28-27(19-26)25(18-29(33)31-15-4-5-16-31)21-32(28)20-24-10-6-9-23(17-24)12-11-22-7-2-1-3-8-22/h1-3,6-10,13-14,17,19,21H,4-5,11-12,15-16,18,20H2. The molecule has 4 aromatic rings. The lowest BCUT2D eigenvalue weighted by Gasteiger charge is -2.14. The minimum absolute atomic E-state index is 0.245. The highest BCUT2D eigenvalue weighted by atomic mass is 79.9. The molecule has 4 heteroatoms. The van der Waals surface area contributed by atoms with Crippen molar-refractivity contribution in [2.75, 3.05) is 13.1 Å². The molecule has 5 rings (SSSR count). The first-order valence-corrected chi connectivity index (χ1v) is 12.6. The van der Waals surface area contributed by atoms with Crippen molar-refractivity contribution < 1.29 is 4.79 Å². The maximum atomic E-state index is 12.8. The second-order valence-electron chi connectivity index (χ2n) is 9.01. The van der Waals surface area contributed by atoms with Crippen LogP contribution in [0.3, 0.4) is 0 Å². The summed E-state index contributed by atoms with van der Waals surface area (Å²) in [6.45, 7) is 2.60. The fraction of sp³-hybridized carbons (Fsp3) is 0.276. The summed E-state index contributed by atoms with van der Waals surface area (Å²) in [5.41, 5.74) is 6.32. The van der Waals surface area contributed by atoms with Gasteiger partial charge in [0.2, 0.25) is 5.91 Å². The van der Waals surface area contributed by atoms with Crippen molar-refractivity contribution in [1.29, 1.82) is 0 Å². The summed E-state index contributed by atoms with van der Waals surface area (Å²) < 4.78 is 3.34. The van der Waals surface area contributed by atoms with Crippen molar-refractivity contribution in [2.24, 2.45) is 0 Å². The number of carbonyl (C=O) groups excluding carboxylic acids is 1. The number of halogens is 1. The van der Waals surface area contributed by atoms with Gasteiger partial charge in [0.25, 0.3) is 0 Å². The largest absolute Gasteiger partial charge is 0.343 e. The highest BCUT2D eigenvalue weighted by Crippen LogP contribution is 2.27. The molecule has 0 atom stereocenters. The Balaban J connectivity index is 1.37. The summed E-state index contributed by atoms with van der Waals surface area (Å²) in [6, 6.07) is 26.0. The van der Waals surface area contributed by atoms with Gasteiger partial charge in [0.15, 0.2) is 0 Å². The van der Waals surface area contributed by atoms with Gasteiger partial charge in [0.1, 0.15) is 0 Å². The van der Waals surface area contributed by atoms with E-state index in [0.717, 1.165) is 60.7 Å². The average Bonchev–Trinajstić information content (AvgIpc) is 3.48. The lowest BCUT2D eigenvalue weighted by atomic mass is 10.0. The van der Waals surface area contributed by atoms with Crippen LogP contribution in [0, 0.1) is 0 Å². The number of fused-ring (bicyclic) bond motifs is 1. The third-order valence-corrected chi connectivity index (χ3v) is 7.11. The Morgan fingerprint density at radius 2 is 1.55 bits per heavy atom. The average molecular weight is 501 g/mol. The van der Waals surface area contributed by atoms with E-state index in [1.807, 2.05) is 4.90 Å². The maximum absolute atomic E-state index is 12.8. The molecule has 1 aliphatic rings. The first-order chi connectivity index (χ1) is 16.2. The minimum atomic E-state index is 0.245. The van der Waals surface area contributed by atoms with Gasteiger partial charge in [-0.25, -0.2) is 0 Å². The summed E-state index contributed by atoms with van der Waals surface area (Å²) >= 11 is 3.62. The number of hydrogen-bond donors (Lipinski definition) is 0. The normalized spacial score (nSPS) is 13.7. The molecule has 1 saturated heterocycles. The zero-order valence-electron chi connectivity index (χ0n) is 18.8. The van der Waals surface area contributed by atoms with Crippen LogP contribution in [0.5, 0.6) is 0 Å². The summed E-state index contributed by atoms with van der Waals surface area (Å²) in [5.74, 6) is 0.245. The first kappa shape index (κ1) is 22.0. The van der Waals surface area contributed by atoms with Crippen LogP contribution in [0.2, 0.25) is 0 Å². The maximum Gasteiger partial charge on any atom is 0.227 e. The number of nitrogens with zero attached hydrogens (tertiary/aromatic N) is 2. The van der Waals surface area contributed by atoms with Crippen molar-refractivity contribution in [3.05, 3.63) is 106 Å². The molecule has 0 bridgehead atoms. The molecule has 0 radical (unpaired) electrons. The molecule has 0 saturated carbocycles. The van der Waals surface area contributed by atoms with Gasteiger partial charge in [-0.2, -0.15) is 0 Å². The van der Waals surface area contributed by atoms with Crippen LogP contribution in [-0.2, 0) is 30.6 Å². The Labute approximate surface area is 204 Å². The van der Waals surface area contributed by atoms with Crippen molar-refractivity contribution >= 4 is 32.7 Å². The van der Waals surface area contributed by atoms with Gasteiger partial charge >= 0.3 is 0 Å². The van der Waals surface area contributed by atoms with Crippen LogP contribution in [0.25, 0.3) is 10.9 Å². The predicted octanol–water partition coefficient (Wildman–Crippen LogP) is 6.40. The number of aryl methyl sites for hydroxylation is 2. The molecule has 1 fully saturated rings. The molecule has 33 heavy (non-hydrogen) atoms. The molecule has 0 N–H and O–H groups in total. The second-order valence-corrected chi connectivity index (χ2v) is 9.93. The van der Waals surface area contributed by atoms with Gasteiger partial charge in [-0.15, -0.1) is 0 Å². The Morgan fingerprint density at radius 3 is 2.36 bits per heavy atom. The zero-order chi connectivity index (χ0) is 22.6. The van der Waals surface area contributed by atoms with Crippen LogP contribution < -0.4 is 0 Å². The summed E-state index contributed by atoms with van der Waals surface area (Å²) in [4.78, 5) is 14.9. The molecular weight excluding hydrogens is 472 g/mol. The molecule has 0 unspecified atom stereocenters. The topological polar surface area (TPSA) is 25.2 Å². The van der Waals surface area contributed by atoms with E-state index in [2.05, 4.69) is 99.5 Å². The van der Waals surface area contributed by atoms with Crippen molar-refractivity contribution in [1.82, 2.24) is 9.47 Å². The van der Waals surface area contributed by atoms with Gasteiger partial charge in [0.05, 0.1) is 6.42 Å². The lowest BCUT2D eigenvalue weighted by Crippen LogP contribution is -2.28. The zero-order valence-corrected chi connectivity index (χ0v) is 20.4. The van der Waals surface area contributed by atoms with Gasteiger partial charge in [-0.1, -0.05) is 70.5 Å². The van der Waals surface area contributed by atoms with Crippen molar-refractivity contribution in [3.8, 4) is 0 Å². The third-order valence-electron chi connectivity index (χ3n) is 6.62. The Morgan fingerprint density at radius 1 is 0.818 bits per heavy atom. The Bertz CT molecular complexity index is 1260. The number of hydrogen-bond acceptors (Lipinski definition) is 1. The molecule has 168 valence electrons. The number of likely N-dealkylation sites (tertiary alicyclic amines) is 1. The van der Waals surface area contributed by atoms with Crippen LogP contribution in [0.4, 0.5) is 0 Å². The molecule has 1 amide bonds. The van der Waals surface area contributed by atoms with E-state index >= 15 is 0 Å². The smallest absolute Gasteiger partial charge is 0.227 e. The summed E-state index contributed by atoms with van der Waals surface area (Å²) in [7, 11) is 0. The number of benzene rings is 3. The third kappa shape index (κ3) is 5.22. The molecule has 1 aromatic heterocycles. The highest BCUT2D eigenvalue weighted by molar-refractivity contribution is 9.10. The van der Waals surface area contributed by atoms with Gasteiger partial charge in [-0.05, 0) is 66.1 Å².